The Kier molecular flexibility index (Phi) is 2.86. The second kappa shape index (κ2) is 4.69. The Bertz CT molecular complexity index is 775. The van der Waals surface area contributed by atoms with Crippen molar-refractivity contribution >= 4 is 22.7 Å². The topological polar surface area (TPSA) is 94.3 Å². The highest BCUT2D eigenvalue weighted by atomic mass is 16.6. The first-order valence-electron chi connectivity index (χ1n) is 5.96. The van der Waals surface area contributed by atoms with Crippen molar-refractivity contribution in [1.82, 2.24) is 4.98 Å². The summed E-state index contributed by atoms with van der Waals surface area (Å²) in [7, 11) is 0. The zero-order chi connectivity index (χ0) is 14.1. The molecule has 20 heavy (non-hydrogen) atoms. The molecule has 0 aliphatic heterocycles. The van der Waals surface area contributed by atoms with Gasteiger partial charge < -0.3 is 14.2 Å². The number of nitrogens with zero attached hydrogens (tertiary/aromatic N) is 2. The minimum absolute atomic E-state index is 0.260. The number of oxazole rings is 1. The summed E-state index contributed by atoms with van der Waals surface area (Å²) >= 11 is 0. The first-order chi connectivity index (χ1) is 9.61. The fourth-order valence-electron chi connectivity index (χ4n) is 1.90. The lowest BCUT2D eigenvalue weighted by atomic mass is 10.3. The van der Waals surface area contributed by atoms with Crippen molar-refractivity contribution < 1.29 is 13.8 Å². The van der Waals surface area contributed by atoms with E-state index in [9.17, 15) is 10.1 Å². The fraction of sp³-hybridized carbons (Fsp3) is 0.154. The first kappa shape index (κ1) is 12.2. The van der Waals surface area contributed by atoms with Gasteiger partial charge in [-0.2, -0.15) is 0 Å². The van der Waals surface area contributed by atoms with Crippen LogP contribution < -0.4 is 5.32 Å². The van der Waals surface area contributed by atoms with Gasteiger partial charge in [0, 0.05) is 12.6 Å². The highest BCUT2D eigenvalue weighted by Crippen LogP contribution is 2.21. The summed E-state index contributed by atoms with van der Waals surface area (Å²) in [5.74, 6) is 0.844. The third-order valence-corrected chi connectivity index (χ3v) is 2.79. The Hall–Kier alpha value is -2.83. The molecule has 0 aliphatic rings. The molecular weight excluding hydrogens is 262 g/mol. The van der Waals surface area contributed by atoms with Crippen molar-refractivity contribution in [1.29, 1.82) is 0 Å². The molecule has 0 atom stereocenters. The van der Waals surface area contributed by atoms with Crippen molar-refractivity contribution in [2.24, 2.45) is 0 Å². The summed E-state index contributed by atoms with van der Waals surface area (Å²) in [6.45, 7) is 2.14. The van der Waals surface area contributed by atoms with Crippen molar-refractivity contribution in [2.75, 3.05) is 5.32 Å². The van der Waals surface area contributed by atoms with Crippen molar-refractivity contribution in [3.8, 4) is 0 Å². The van der Waals surface area contributed by atoms with Gasteiger partial charge in [-0.05, 0) is 24.3 Å². The van der Waals surface area contributed by atoms with Gasteiger partial charge in [-0.1, -0.05) is 0 Å². The summed E-state index contributed by atoms with van der Waals surface area (Å²) in [6, 6.07) is 8.43. The molecule has 3 rings (SSSR count). The van der Waals surface area contributed by atoms with Crippen molar-refractivity contribution in [2.45, 2.75) is 13.5 Å². The standard InChI is InChI=1S/C13H11N3O4/c1-8-15-11-6-9(2-4-12(11)19-8)14-7-10-3-5-13(20-10)16(17)18/h2-6,14H,7H2,1H3. The van der Waals surface area contributed by atoms with Crippen LogP contribution in [0.5, 0.6) is 0 Å². The zero-order valence-corrected chi connectivity index (χ0v) is 10.6. The molecule has 0 saturated carbocycles. The highest BCUT2D eigenvalue weighted by Gasteiger charge is 2.11. The first-order valence-corrected chi connectivity index (χ1v) is 5.96. The lowest BCUT2D eigenvalue weighted by Crippen LogP contribution is -1.97. The number of nitro groups is 1. The summed E-state index contributed by atoms with van der Waals surface area (Å²) in [5.41, 5.74) is 2.32. The number of anilines is 1. The number of aromatic nitrogens is 1. The molecule has 0 saturated heterocycles. The maximum absolute atomic E-state index is 10.5. The van der Waals surface area contributed by atoms with Gasteiger partial charge >= 0.3 is 5.88 Å². The molecule has 0 amide bonds. The van der Waals surface area contributed by atoms with Crippen LogP contribution in [0.1, 0.15) is 11.7 Å². The van der Waals surface area contributed by atoms with Gasteiger partial charge in [-0.15, -0.1) is 0 Å². The molecule has 7 nitrogen and oxygen atoms in total. The molecule has 2 aromatic heterocycles. The number of fused-ring (bicyclic) bond motifs is 1. The number of furan rings is 1. The number of hydrogen-bond acceptors (Lipinski definition) is 6. The van der Waals surface area contributed by atoms with Crippen LogP contribution in [-0.4, -0.2) is 9.91 Å². The lowest BCUT2D eigenvalue weighted by Gasteiger charge is -2.03. The van der Waals surface area contributed by atoms with Gasteiger partial charge in [0.15, 0.2) is 11.5 Å². The third-order valence-electron chi connectivity index (χ3n) is 2.79. The summed E-state index contributed by atoms with van der Waals surface area (Å²) < 4.78 is 10.4. The Labute approximate surface area is 113 Å². The summed E-state index contributed by atoms with van der Waals surface area (Å²) in [4.78, 5) is 14.2. The Morgan fingerprint density at radius 1 is 1.30 bits per heavy atom. The van der Waals surface area contributed by atoms with E-state index >= 15 is 0 Å². The lowest BCUT2D eigenvalue weighted by molar-refractivity contribution is -0.402. The average molecular weight is 273 g/mol. The van der Waals surface area contributed by atoms with Crippen LogP contribution in [0, 0.1) is 17.0 Å². The van der Waals surface area contributed by atoms with Crippen LogP contribution in [0.15, 0.2) is 39.2 Å². The zero-order valence-electron chi connectivity index (χ0n) is 10.6. The molecule has 7 heteroatoms. The Balaban J connectivity index is 1.73. The van der Waals surface area contributed by atoms with E-state index in [4.69, 9.17) is 8.83 Å². The quantitative estimate of drug-likeness (QED) is 0.579. The number of aryl methyl sites for hydroxylation is 1. The molecule has 0 spiro atoms. The number of hydrogen-bond donors (Lipinski definition) is 1. The number of benzene rings is 1. The molecule has 0 aliphatic carbocycles. The van der Waals surface area contributed by atoms with Crippen LogP contribution in [0.3, 0.4) is 0 Å². The molecular formula is C13H11N3O4. The van der Waals surface area contributed by atoms with E-state index < -0.39 is 4.92 Å². The smallest absolute Gasteiger partial charge is 0.433 e. The van der Waals surface area contributed by atoms with Crippen molar-refractivity contribution in [3.63, 3.8) is 0 Å². The molecule has 0 bridgehead atoms. The SMILES string of the molecule is Cc1nc2cc(NCc3ccc([N+](=O)[O-])o3)ccc2o1. The second-order valence-electron chi connectivity index (χ2n) is 4.27. The molecule has 1 N–H and O–H groups in total. The summed E-state index contributed by atoms with van der Waals surface area (Å²) in [6.07, 6.45) is 0. The Morgan fingerprint density at radius 2 is 2.15 bits per heavy atom. The second-order valence-corrected chi connectivity index (χ2v) is 4.27. The van der Waals surface area contributed by atoms with E-state index in [1.165, 1.54) is 6.07 Å². The van der Waals surface area contributed by atoms with Crippen LogP contribution >= 0.6 is 0 Å². The minimum Gasteiger partial charge on any atom is -0.441 e. The molecule has 2 heterocycles. The summed E-state index contributed by atoms with van der Waals surface area (Å²) in [5, 5.41) is 13.6. The molecule has 3 aromatic rings. The van der Waals surface area contributed by atoms with Crippen LogP contribution in [-0.2, 0) is 6.54 Å². The molecule has 102 valence electrons. The minimum atomic E-state index is -0.562. The highest BCUT2D eigenvalue weighted by molar-refractivity contribution is 5.77. The molecule has 0 unspecified atom stereocenters. The maximum Gasteiger partial charge on any atom is 0.433 e. The van der Waals surface area contributed by atoms with Gasteiger partial charge in [-0.25, -0.2) is 4.98 Å². The van der Waals surface area contributed by atoms with Crippen LogP contribution in [0.4, 0.5) is 11.6 Å². The van der Waals surface area contributed by atoms with Gasteiger partial charge in [0.2, 0.25) is 0 Å². The van der Waals surface area contributed by atoms with E-state index in [0.29, 0.717) is 18.2 Å². The predicted molar refractivity (Wildman–Crippen MR) is 71.4 cm³/mol. The molecule has 0 fully saturated rings. The maximum atomic E-state index is 10.5. The van der Waals surface area contributed by atoms with E-state index in [1.54, 1.807) is 13.0 Å². The van der Waals surface area contributed by atoms with E-state index in [1.807, 2.05) is 18.2 Å². The van der Waals surface area contributed by atoms with Crippen LogP contribution in [0.2, 0.25) is 0 Å². The van der Waals surface area contributed by atoms with Gasteiger partial charge in [0.25, 0.3) is 0 Å². The average Bonchev–Trinajstić information content (AvgIpc) is 3.00. The van der Waals surface area contributed by atoms with Crippen LogP contribution in [0.25, 0.3) is 11.1 Å². The van der Waals surface area contributed by atoms with E-state index in [-0.39, 0.29) is 5.88 Å². The van der Waals surface area contributed by atoms with Gasteiger partial charge in [0.05, 0.1) is 12.6 Å². The monoisotopic (exact) mass is 273 g/mol. The van der Waals surface area contributed by atoms with Crippen molar-refractivity contribution in [3.05, 3.63) is 52.1 Å². The number of nitrogens with one attached hydrogen (secondary N) is 1. The molecule has 1 aromatic carbocycles. The normalized spacial score (nSPS) is 10.8. The van der Waals surface area contributed by atoms with E-state index in [0.717, 1.165) is 16.8 Å². The van der Waals surface area contributed by atoms with Gasteiger partial charge in [-0.3, -0.25) is 10.1 Å². The molecule has 0 radical (unpaired) electrons. The van der Waals surface area contributed by atoms with Gasteiger partial charge in [0.1, 0.15) is 16.2 Å². The van der Waals surface area contributed by atoms with E-state index in [2.05, 4.69) is 10.3 Å². The number of rotatable bonds is 4. The Morgan fingerprint density at radius 3 is 2.90 bits per heavy atom. The third kappa shape index (κ3) is 2.33. The largest absolute Gasteiger partial charge is 0.441 e. The predicted octanol–water partition coefficient (Wildman–Crippen LogP) is 3.25. The fourth-order valence-corrected chi connectivity index (χ4v) is 1.90.